The molecule has 0 aromatic carbocycles. The van der Waals surface area contributed by atoms with Crippen molar-refractivity contribution in [2.75, 3.05) is 11.9 Å². The van der Waals surface area contributed by atoms with Gasteiger partial charge in [0, 0.05) is 12.6 Å². The number of halogens is 2. The summed E-state index contributed by atoms with van der Waals surface area (Å²) in [7, 11) is 0. The van der Waals surface area contributed by atoms with Crippen LogP contribution >= 0.6 is 23.2 Å². The summed E-state index contributed by atoms with van der Waals surface area (Å²) in [5, 5.41) is 12.2. The molecule has 72 valence electrons. The van der Waals surface area contributed by atoms with Crippen LogP contribution in [0.5, 0.6) is 0 Å². The van der Waals surface area contributed by atoms with Gasteiger partial charge in [0.05, 0.1) is 6.10 Å². The van der Waals surface area contributed by atoms with Crippen LogP contribution in [0, 0.1) is 0 Å². The number of nitrogens with one attached hydrogen (secondary N) is 1. The minimum Gasteiger partial charge on any atom is -0.392 e. The molecule has 1 aromatic heterocycles. The summed E-state index contributed by atoms with van der Waals surface area (Å²) in [6.07, 6.45) is -0.451. The predicted octanol–water partition coefficient (Wildman–Crippen LogP) is 1.58. The first-order valence-corrected chi connectivity index (χ1v) is 4.45. The summed E-state index contributed by atoms with van der Waals surface area (Å²) in [5.41, 5.74) is 0. The minimum absolute atomic E-state index is 0.0839. The van der Waals surface area contributed by atoms with Gasteiger partial charge < -0.3 is 10.4 Å². The second-order valence-electron chi connectivity index (χ2n) is 2.57. The first-order chi connectivity index (χ1) is 6.08. The lowest BCUT2D eigenvalue weighted by molar-refractivity contribution is 0.208. The molecule has 0 spiro atoms. The lowest BCUT2D eigenvalue weighted by atomic mass is 10.4. The maximum Gasteiger partial charge on any atom is 0.225 e. The van der Waals surface area contributed by atoms with E-state index in [0.717, 1.165) is 0 Å². The Balaban J connectivity index is 2.66. The molecule has 0 saturated heterocycles. The van der Waals surface area contributed by atoms with Crippen molar-refractivity contribution in [3.8, 4) is 0 Å². The van der Waals surface area contributed by atoms with Crippen molar-refractivity contribution < 1.29 is 5.11 Å². The zero-order valence-corrected chi connectivity index (χ0v) is 8.47. The van der Waals surface area contributed by atoms with E-state index in [4.69, 9.17) is 28.3 Å². The highest BCUT2D eigenvalue weighted by Gasteiger charge is 2.01. The Morgan fingerprint density at radius 3 is 2.77 bits per heavy atom. The molecule has 0 unspecified atom stereocenters. The van der Waals surface area contributed by atoms with Crippen molar-refractivity contribution in [1.29, 1.82) is 0 Å². The van der Waals surface area contributed by atoms with E-state index in [1.807, 2.05) is 0 Å². The van der Waals surface area contributed by atoms with Crippen LogP contribution < -0.4 is 5.32 Å². The number of aliphatic hydroxyl groups is 1. The quantitative estimate of drug-likeness (QED) is 0.602. The van der Waals surface area contributed by atoms with Gasteiger partial charge in [-0.2, -0.15) is 0 Å². The van der Waals surface area contributed by atoms with Gasteiger partial charge in [-0.3, -0.25) is 0 Å². The number of aliphatic hydroxyl groups excluding tert-OH is 1. The SMILES string of the molecule is C[C@@H](O)CNc1cc(Cl)nc(Cl)n1. The molecule has 1 atom stereocenters. The fraction of sp³-hybridized carbons (Fsp3) is 0.429. The molecule has 1 rings (SSSR count). The van der Waals surface area contributed by atoms with E-state index in [9.17, 15) is 0 Å². The Bertz CT molecular complexity index is 273. The molecule has 1 heterocycles. The van der Waals surface area contributed by atoms with E-state index >= 15 is 0 Å². The predicted molar refractivity (Wildman–Crippen MR) is 52.2 cm³/mol. The van der Waals surface area contributed by atoms with Gasteiger partial charge in [-0.1, -0.05) is 11.6 Å². The van der Waals surface area contributed by atoms with E-state index in [-0.39, 0.29) is 10.4 Å². The second-order valence-corrected chi connectivity index (χ2v) is 3.30. The van der Waals surface area contributed by atoms with Crippen molar-refractivity contribution in [3.05, 3.63) is 16.5 Å². The molecule has 6 heteroatoms. The van der Waals surface area contributed by atoms with Crippen LogP contribution in [0.1, 0.15) is 6.92 Å². The van der Waals surface area contributed by atoms with Gasteiger partial charge in [-0.25, -0.2) is 9.97 Å². The standard InChI is InChI=1S/C7H9Cl2N3O/c1-4(13)3-10-6-2-5(8)11-7(9)12-6/h2,4,13H,3H2,1H3,(H,10,11,12)/t4-/m1/s1. The monoisotopic (exact) mass is 221 g/mol. The van der Waals surface area contributed by atoms with Crippen molar-refractivity contribution in [3.63, 3.8) is 0 Å². The van der Waals surface area contributed by atoms with Crippen LogP contribution in [0.3, 0.4) is 0 Å². The third-order valence-corrected chi connectivity index (χ3v) is 1.61. The summed E-state index contributed by atoms with van der Waals surface area (Å²) in [6.45, 7) is 2.06. The van der Waals surface area contributed by atoms with Crippen LogP contribution in [0.25, 0.3) is 0 Å². The van der Waals surface area contributed by atoms with Crippen LogP contribution in [0.2, 0.25) is 10.4 Å². The normalized spacial score (nSPS) is 12.6. The summed E-state index contributed by atoms with van der Waals surface area (Å²) < 4.78 is 0. The van der Waals surface area contributed by atoms with Crippen molar-refractivity contribution >= 4 is 29.0 Å². The first kappa shape index (κ1) is 10.5. The van der Waals surface area contributed by atoms with E-state index in [1.165, 1.54) is 6.07 Å². The van der Waals surface area contributed by atoms with Gasteiger partial charge in [-0.05, 0) is 18.5 Å². The second kappa shape index (κ2) is 4.60. The summed E-state index contributed by atoms with van der Waals surface area (Å²) in [6, 6.07) is 1.54. The first-order valence-electron chi connectivity index (χ1n) is 3.70. The zero-order chi connectivity index (χ0) is 9.84. The van der Waals surface area contributed by atoms with Crippen molar-refractivity contribution in [1.82, 2.24) is 9.97 Å². The smallest absolute Gasteiger partial charge is 0.225 e. The van der Waals surface area contributed by atoms with Gasteiger partial charge in [-0.15, -0.1) is 0 Å². The Hall–Kier alpha value is -0.580. The molecule has 0 aliphatic rings. The molecular formula is C7H9Cl2N3O. The maximum absolute atomic E-state index is 8.98. The molecule has 2 N–H and O–H groups in total. The summed E-state index contributed by atoms with van der Waals surface area (Å²) >= 11 is 11.2. The van der Waals surface area contributed by atoms with E-state index in [1.54, 1.807) is 6.92 Å². The highest BCUT2D eigenvalue weighted by atomic mass is 35.5. The number of hydrogen-bond donors (Lipinski definition) is 2. The third-order valence-electron chi connectivity index (χ3n) is 1.25. The molecule has 1 aromatic rings. The van der Waals surface area contributed by atoms with Crippen LogP contribution in [0.15, 0.2) is 6.07 Å². The molecule has 0 radical (unpaired) electrons. The third kappa shape index (κ3) is 3.76. The average Bonchev–Trinajstić information content (AvgIpc) is 1.99. The number of rotatable bonds is 3. The lowest BCUT2D eigenvalue weighted by Crippen LogP contribution is -2.16. The fourth-order valence-electron chi connectivity index (χ4n) is 0.733. The number of aromatic nitrogens is 2. The molecule has 4 nitrogen and oxygen atoms in total. The highest BCUT2D eigenvalue weighted by molar-refractivity contribution is 6.32. The van der Waals surface area contributed by atoms with Gasteiger partial charge >= 0.3 is 0 Å². The van der Waals surface area contributed by atoms with Gasteiger partial charge in [0.1, 0.15) is 11.0 Å². The summed E-state index contributed by atoms with van der Waals surface area (Å²) in [4.78, 5) is 7.53. The van der Waals surface area contributed by atoms with Crippen LogP contribution in [-0.4, -0.2) is 27.7 Å². The highest BCUT2D eigenvalue weighted by Crippen LogP contribution is 2.13. The van der Waals surface area contributed by atoms with Crippen molar-refractivity contribution in [2.24, 2.45) is 0 Å². The minimum atomic E-state index is -0.451. The Morgan fingerprint density at radius 1 is 1.54 bits per heavy atom. The topological polar surface area (TPSA) is 58.0 Å². The van der Waals surface area contributed by atoms with E-state index in [0.29, 0.717) is 12.4 Å². The molecule has 0 fully saturated rings. The fourth-order valence-corrected chi connectivity index (χ4v) is 1.14. The molecule has 0 amide bonds. The van der Waals surface area contributed by atoms with E-state index in [2.05, 4.69) is 15.3 Å². The lowest BCUT2D eigenvalue weighted by Gasteiger charge is -2.07. The largest absolute Gasteiger partial charge is 0.392 e. The van der Waals surface area contributed by atoms with Crippen molar-refractivity contribution in [2.45, 2.75) is 13.0 Å². The molecular weight excluding hydrogens is 213 g/mol. The molecule has 13 heavy (non-hydrogen) atoms. The maximum atomic E-state index is 8.98. The van der Waals surface area contributed by atoms with Crippen LogP contribution in [0.4, 0.5) is 5.82 Å². The average molecular weight is 222 g/mol. The molecule has 0 bridgehead atoms. The number of nitrogens with zero attached hydrogens (tertiary/aromatic N) is 2. The Kier molecular flexibility index (Phi) is 3.71. The number of hydrogen-bond acceptors (Lipinski definition) is 4. The Morgan fingerprint density at radius 2 is 2.23 bits per heavy atom. The van der Waals surface area contributed by atoms with Gasteiger partial charge in [0.15, 0.2) is 0 Å². The Labute approximate surface area is 85.9 Å². The molecule has 0 saturated carbocycles. The molecule has 0 aliphatic heterocycles. The zero-order valence-electron chi connectivity index (χ0n) is 6.96. The van der Waals surface area contributed by atoms with Gasteiger partial charge in [0.25, 0.3) is 0 Å². The molecule has 0 aliphatic carbocycles. The van der Waals surface area contributed by atoms with Crippen LogP contribution in [-0.2, 0) is 0 Å². The summed E-state index contributed by atoms with van der Waals surface area (Å²) in [5.74, 6) is 0.505. The van der Waals surface area contributed by atoms with Gasteiger partial charge in [0.2, 0.25) is 5.28 Å². The van der Waals surface area contributed by atoms with E-state index < -0.39 is 6.10 Å². The number of anilines is 1.